The molecule has 112 valence electrons. The van der Waals surface area contributed by atoms with Crippen LogP contribution in [0.3, 0.4) is 0 Å². The highest BCUT2D eigenvalue weighted by molar-refractivity contribution is 5.79. The average Bonchev–Trinajstić information content (AvgIpc) is 2.85. The highest BCUT2D eigenvalue weighted by Gasteiger charge is 2.28. The van der Waals surface area contributed by atoms with Crippen molar-refractivity contribution in [3.05, 3.63) is 59.7 Å². The molecule has 0 fully saturated rings. The minimum absolute atomic E-state index is 0.0563. The fourth-order valence-corrected chi connectivity index (χ4v) is 2.79. The van der Waals surface area contributed by atoms with Gasteiger partial charge in [0.2, 0.25) is 0 Å². The van der Waals surface area contributed by atoms with Crippen molar-refractivity contribution in [2.24, 2.45) is 0 Å². The molecule has 2 aromatic rings. The Hall–Kier alpha value is -2.69. The molecule has 1 amide bonds. The van der Waals surface area contributed by atoms with E-state index in [1.807, 2.05) is 48.5 Å². The van der Waals surface area contributed by atoms with Gasteiger partial charge in [-0.15, -0.1) is 0 Å². The third-order valence-electron chi connectivity index (χ3n) is 3.72. The number of ether oxygens (including phenoxy) is 1. The highest BCUT2D eigenvalue weighted by atomic mass is 19.1. The number of hydrogen-bond acceptors (Lipinski definition) is 3. The SMILES string of the molecule is O=C(F)CNC(=O)OCC1c2ccccc2-c2ccccc21. The Kier molecular flexibility index (Phi) is 3.87. The first-order valence-corrected chi connectivity index (χ1v) is 6.94. The minimum Gasteiger partial charge on any atom is -0.449 e. The van der Waals surface area contributed by atoms with E-state index in [0.29, 0.717) is 0 Å². The Morgan fingerprint density at radius 3 is 2.09 bits per heavy atom. The molecule has 0 bridgehead atoms. The number of hydrogen-bond donors (Lipinski definition) is 1. The van der Waals surface area contributed by atoms with E-state index >= 15 is 0 Å². The molecule has 0 atom stereocenters. The fourth-order valence-electron chi connectivity index (χ4n) is 2.79. The molecule has 22 heavy (non-hydrogen) atoms. The summed E-state index contributed by atoms with van der Waals surface area (Å²) >= 11 is 0. The summed E-state index contributed by atoms with van der Waals surface area (Å²) in [4.78, 5) is 21.7. The van der Waals surface area contributed by atoms with E-state index in [-0.39, 0.29) is 12.5 Å². The molecule has 1 N–H and O–H groups in total. The molecule has 0 saturated carbocycles. The lowest BCUT2D eigenvalue weighted by Crippen LogP contribution is -2.29. The van der Waals surface area contributed by atoms with E-state index in [4.69, 9.17) is 4.74 Å². The van der Waals surface area contributed by atoms with Gasteiger partial charge in [-0.2, -0.15) is 4.39 Å². The predicted octanol–water partition coefficient (Wildman–Crippen LogP) is 3.02. The predicted molar refractivity (Wildman–Crippen MR) is 79.2 cm³/mol. The quantitative estimate of drug-likeness (QED) is 0.883. The first-order chi connectivity index (χ1) is 10.7. The van der Waals surface area contributed by atoms with Gasteiger partial charge in [0, 0.05) is 5.92 Å². The summed E-state index contributed by atoms with van der Waals surface area (Å²) in [5.41, 5.74) is 4.45. The van der Waals surface area contributed by atoms with Crippen molar-refractivity contribution < 1.29 is 18.7 Å². The second kappa shape index (κ2) is 5.97. The number of alkyl carbamates (subject to hydrolysis) is 1. The zero-order chi connectivity index (χ0) is 15.5. The lowest BCUT2D eigenvalue weighted by atomic mass is 9.98. The molecule has 0 radical (unpaired) electrons. The number of amides is 1. The Morgan fingerprint density at radius 1 is 1.00 bits per heavy atom. The van der Waals surface area contributed by atoms with E-state index in [1.165, 1.54) is 0 Å². The number of rotatable bonds is 4. The van der Waals surface area contributed by atoms with Crippen molar-refractivity contribution >= 4 is 12.1 Å². The number of fused-ring (bicyclic) bond motifs is 3. The zero-order valence-corrected chi connectivity index (χ0v) is 11.7. The maximum atomic E-state index is 12.1. The van der Waals surface area contributed by atoms with Crippen molar-refractivity contribution in [1.82, 2.24) is 5.32 Å². The number of carbonyl (C=O) groups excluding carboxylic acids is 2. The molecule has 0 aliphatic heterocycles. The van der Waals surface area contributed by atoms with Gasteiger partial charge >= 0.3 is 12.1 Å². The van der Waals surface area contributed by atoms with Gasteiger partial charge in [0.1, 0.15) is 13.2 Å². The van der Waals surface area contributed by atoms with Gasteiger partial charge in [-0.1, -0.05) is 48.5 Å². The summed E-state index contributed by atoms with van der Waals surface area (Å²) < 4.78 is 17.2. The van der Waals surface area contributed by atoms with Gasteiger partial charge in [0.25, 0.3) is 0 Å². The van der Waals surface area contributed by atoms with Gasteiger partial charge in [-0.05, 0) is 22.3 Å². The number of benzene rings is 2. The summed E-state index contributed by atoms with van der Waals surface area (Å²) in [6.07, 6.45) is -0.798. The summed E-state index contributed by atoms with van der Waals surface area (Å²) in [5.74, 6) is -0.0563. The van der Waals surface area contributed by atoms with E-state index < -0.39 is 18.7 Å². The van der Waals surface area contributed by atoms with Crippen LogP contribution < -0.4 is 5.32 Å². The first-order valence-electron chi connectivity index (χ1n) is 6.94. The molecule has 4 nitrogen and oxygen atoms in total. The molecule has 0 aromatic heterocycles. The van der Waals surface area contributed by atoms with Crippen molar-refractivity contribution in [3.8, 4) is 11.1 Å². The summed E-state index contributed by atoms with van der Waals surface area (Å²) in [6, 6.07) is 14.3. The van der Waals surface area contributed by atoms with Gasteiger partial charge < -0.3 is 10.1 Å². The van der Waals surface area contributed by atoms with E-state index in [0.717, 1.165) is 22.3 Å². The largest absolute Gasteiger partial charge is 0.449 e. The normalized spacial score (nSPS) is 12.4. The van der Waals surface area contributed by atoms with Gasteiger partial charge in [-0.25, -0.2) is 4.79 Å². The third kappa shape index (κ3) is 2.70. The smallest absolute Gasteiger partial charge is 0.407 e. The van der Waals surface area contributed by atoms with Crippen LogP contribution in [0.5, 0.6) is 0 Å². The first kappa shape index (κ1) is 14.3. The summed E-state index contributed by atoms with van der Waals surface area (Å²) in [7, 11) is 0. The van der Waals surface area contributed by atoms with Crippen LogP contribution in [-0.2, 0) is 9.53 Å². The van der Waals surface area contributed by atoms with Crippen LogP contribution >= 0.6 is 0 Å². The van der Waals surface area contributed by atoms with E-state index in [1.54, 1.807) is 0 Å². The lowest BCUT2D eigenvalue weighted by Gasteiger charge is -2.14. The van der Waals surface area contributed by atoms with Crippen molar-refractivity contribution in [2.45, 2.75) is 5.92 Å². The minimum atomic E-state index is -1.60. The topological polar surface area (TPSA) is 55.4 Å². The molecule has 0 unspecified atom stereocenters. The second-order valence-electron chi connectivity index (χ2n) is 5.03. The van der Waals surface area contributed by atoms with Gasteiger partial charge in [0.05, 0.1) is 0 Å². The van der Waals surface area contributed by atoms with Crippen LogP contribution in [-0.4, -0.2) is 25.3 Å². The van der Waals surface area contributed by atoms with Crippen molar-refractivity contribution in [2.75, 3.05) is 13.2 Å². The van der Waals surface area contributed by atoms with Crippen LogP contribution in [0.2, 0.25) is 0 Å². The fraction of sp³-hybridized carbons (Fsp3) is 0.176. The lowest BCUT2D eigenvalue weighted by molar-refractivity contribution is -0.128. The van der Waals surface area contributed by atoms with Crippen LogP contribution in [0.4, 0.5) is 9.18 Å². The molecule has 1 aliphatic rings. The molecule has 0 saturated heterocycles. The standard InChI is InChI=1S/C17H14FNO3/c18-16(20)9-19-17(21)22-10-15-13-7-3-1-5-11(13)12-6-2-4-8-14(12)15/h1-8,15H,9-10H2,(H,19,21). The Balaban J connectivity index is 1.77. The van der Waals surface area contributed by atoms with Crippen LogP contribution in [0.15, 0.2) is 48.5 Å². The summed E-state index contributed by atoms with van der Waals surface area (Å²) in [5, 5.41) is 2.07. The summed E-state index contributed by atoms with van der Waals surface area (Å²) in [6.45, 7) is -0.531. The van der Waals surface area contributed by atoms with Gasteiger partial charge in [0.15, 0.2) is 0 Å². The van der Waals surface area contributed by atoms with Crippen molar-refractivity contribution in [1.29, 1.82) is 0 Å². The Labute approximate surface area is 126 Å². The van der Waals surface area contributed by atoms with Gasteiger partial charge in [-0.3, -0.25) is 4.79 Å². The Bertz CT molecular complexity index is 684. The molecule has 0 heterocycles. The molecular formula is C17H14FNO3. The van der Waals surface area contributed by atoms with Crippen LogP contribution in [0, 0.1) is 0 Å². The number of carbonyl (C=O) groups is 2. The second-order valence-corrected chi connectivity index (χ2v) is 5.03. The average molecular weight is 299 g/mol. The molecule has 5 heteroatoms. The maximum Gasteiger partial charge on any atom is 0.407 e. The molecular weight excluding hydrogens is 285 g/mol. The van der Waals surface area contributed by atoms with E-state index in [2.05, 4.69) is 5.32 Å². The maximum absolute atomic E-state index is 12.1. The van der Waals surface area contributed by atoms with E-state index in [9.17, 15) is 14.0 Å². The molecule has 1 aliphatic carbocycles. The van der Waals surface area contributed by atoms with Crippen LogP contribution in [0.25, 0.3) is 11.1 Å². The zero-order valence-electron chi connectivity index (χ0n) is 11.7. The highest BCUT2D eigenvalue weighted by Crippen LogP contribution is 2.44. The monoisotopic (exact) mass is 299 g/mol. The molecule has 3 rings (SSSR count). The number of halogens is 1. The number of nitrogens with one attached hydrogen (secondary N) is 1. The van der Waals surface area contributed by atoms with Crippen molar-refractivity contribution in [3.63, 3.8) is 0 Å². The Morgan fingerprint density at radius 2 is 1.55 bits per heavy atom. The molecule has 0 spiro atoms. The third-order valence-corrected chi connectivity index (χ3v) is 3.72. The molecule has 2 aromatic carbocycles. The van der Waals surface area contributed by atoms with Crippen LogP contribution in [0.1, 0.15) is 17.0 Å².